The molecule has 0 N–H and O–H groups in total. The fraction of sp³-hybridized carbons (Fsp3) is 0.526. The van der Waals surface area contributed by atoms with Crippen LogP contribution in [0.1, 0.15) is 44.2 Å². The lowest BCUT2D eigenvalue weighted by atomic mass is 9.77. The first-order chi connectivity index (χ1) is 13.8. The van der Waals surface area contributed by atoms with Crippen LogP contribution in [0.25, 0.3) is 0 Å². The molecule has 1 aliphatic carbocycles. The minimum absolute atomic E-state index is 0.0314. The van der Waals surface area contributed by atoms with Crippen molar-refractivity contribution in [3.8, 4) is 0 Å². The molecule has 3 heterocycles. The number of pyridine rings is 1. The molecule has 0 aromatic carbocycles. The van der Waals surface area contributed by atoms with Gasteiger partial charge in [-0.1, -0.05) is 47.8 Å². The third kappa shape index (κ3) is 4.44. The van der Waals surface area contributed by atoms with Gasteiger partial charge in [0.15, 0.2) is 5.69 Å². The Hall–Kier alpha value is -1.25. The zero-order valence-corrected chi connectivity index (χ0v) is 17.8. The van der Waals surface area contributed by atoms with E-state index in [1.54, 1.807) is 0 Å². The van der Waals surface area contributed by atoms with Crippen LogP contribution < -0.4 is 4.90 Å². The second-order valence-electron chi connectivity index (χ2n) is 7.59. The van der Waals surface area contributed by atoms with Crippen LogP contribution in [-0.2, 0) is 6.18 Å². The van der Waals surface area contributed by atoms with Gasteiger partial charge in [0.1, 0.15) is 16.0 Å². The van der Waals surface area contributed by atoms with Gasteiger partial charge in [-0.05, 0) is 37.2 Å². The van der Waals surface area contributed by atoms with E-state index in [1.165, 1.54) is 44.1 Å². The molecule has 1 saturated heterocycles. The zero-order chi connectivity index (χ0) is 20.6. The predicted octanol–water partition coefficient (Wildman–Crippen LogP) is 6.51. The fourth-order valence-electron chi connectivity index (χ4n) is 4.20. The SMILES string of the molecule is FC(F)(F)c1nc(N2CCC3(CCCC3)CC2)cnc1Sc1ccnc(Cl)c1Cl. The van der Waals surface area contributed by atoms with Crippen molar-refractivity contribution in [1.29, 1.82) is 0 Å². The largest absolute Gasteiger partial charge is 0.436 e. The first-order valence-corrected chi connectivity index (χ1v) is 11.0. The topological polar surface area (TPSA) is 41.9 Å². The van der Waals surface area contributed by atoms with E-state index in [0.29, 0.717) is 23.4 Å². The van der Waals surface area contributed by atoms with E-state index in [1.807, 2.05) is 4.90 Å². The van der Waals surface area contributed by atoms with Crippen molar-refractivity contribution < 1.29 is 13.2 Å². The molecule has 2 aliphatic rings. The summed E-state index contributed by atoms with van der Waals surface area (Å²) in [4.78, 5) is 14.1. The van der Waals surface area contributed by atoms with Gasteiger partial charge in [-0.25, -0.2) is 15.0 Å². The molecule has 2 aromatic rings. The second-order valence-corrected chi connectivity index (χ2v) is 9.36. The van der Waals surface area contributed by atoms with Gasteiger partial charge >= 0.3 is 6.18 Å². The summed E-state index contributed by atoms with van der Waals surface area (Å²) >= 11 is 12.7. The molecule has 1 spiro atoms. The van der Waals surface area contributed by atoms with Gasteiger partial charge < -0.3 is 4.90 Å². The number of piperidine rings is 1. The zero-order valence-electron chi connectivity index (χ0n) is 15.5. The van der Waals surface area contributed by atoms with Gasteiger partial charge in [-0.15, -0.1) is 0 Å². The lowest BCUT2D eigenvalue weighted by Crippen LogP contribution is -2.39. The standard InChI is InChI=1S/C19H19Cl2F3N4S/c20-14-12(3-8-25-16(14)21)29-17-15(19(22,23)24)27-13(11-26-17)28-9-6-18(7-10-28)4-1-2-5-18/h3,8,11H,1-2,4-7,9-10H2. The number of hydrogen-bond acceptors (Lipinski definition) is 5. The Morgan fingerprint density at radius 2 is 1.72 bits per heavy atom. The molecule has 0 bridgehead atoms. The molecule has 156 valence electrons. The van der Waals surface area contributed by atoms with E-state index in [2.05, 4.69) is 15.0 Å². The smallest absolute Gasteiger partial charge is 0.355 e. The van der Waals surface area contributed by atoms with Gasteiger partial charge in [0.2, 0.25) is 0 Å². The minimum Gasteiger partial charge on any atom is -0.355 e. The molecule has 4 nitrogen and oxygen atoms in total. The Kier molecular flexibility index (Phi) is 5.88. The minimum atomic E-state index is -4.63. The van der Waals surface area contributed by atoms with Crippen LogP contribution in [0.4, 0.5) is 19.0 Å². The lowest BCUT2D eigenvalue weighted by Gasteiger charge is -2.40. The van der Waals surface area contributed by atoms with Gasteiger partial charge in [-0.3, -0.25) is 0 Å². The molecule has 2 fully saturated rings. The van der Waals surface area contributed by atoms with Crippen LogP contribution in [0.3, 0.4) is 0 Å². The van der Waals surface area contributed by atoms with E-state index in [-0.39, 0.29) is 21.0 Å². The van der Waals surface area contributed by atoms with Crippen molar-refractivity contribution in [1.82, 2.24) is 15.0 Å². The molecule has 2 aromatic heterocycles. The number of alkyl halides is 3. The number of hydrogen-bond donors (Lipinski definition) is 0. The molecule has 10 heteroatoms. The summed E-state index contributed by atoms with van der Waals surface area (Å²) in [6.45, 7) is 1.43. The quantitative estimate of drug-likeness (QED) is 0.486. The Balaban J connectivity index is 1.59. The molecule has 0 unspecified atom stereocenters. The van der Waals surface area contributed by atoms with Crippen LogP contribution in [0.15, 0.2) is 28.4 Å². The van der Waals surface area contributed by atoms with Gasteiger partial charge in [-0.2, -0.15) is 13.2 Å². The van der Waals surface area contributed by atoms with E-state index in [0.717, 1.165) is 24.6 Å². The highest BCUT2D eigenvalue weighted by molar-refractivity contribution is 7.99. The molecule has 1 saturated carbocycles. The highest BCUT2D eigenvalue weighted by Crippen LogP contribution is 2.47. The average Bonchev–Trinajstić information content (AvgIpc) is 3.14. The van der Waals surface area contributed by atoms with E-state index in [4.69, 9.17) is 23.2 Å². The summed E-state index contributed by atoms with van der Waals surface area (Å²) in [5.41, 5.74) is -0.630. The van der Waals surface area contributed by atoms with Crippen LogP contribution in [0.5, 0.6) is 0 Å². The van der Waals surface area contributed by atoms with Crippen LogP contribution in [-0.4, -0.2) is 28.0 Å². The van der Waals surface area contributed by atoms with Crippen LogP contribution in [0.2, 0.25) is 10.2 Å². The van der Waals surface area contributed by atoms with Gasteiger partial charge in [0, 0.05) is 24.2 Å². The van der Waals surface area contributed by atoms with Crippen molar-refractivity contribution in [3.05, 3.63) is 34.3 Å². The molecule has 29 heavy (non-hydrogen) atoms. The fourth-order valence-corrected chi connectivity index (χ4v) is 5.53. The number of aromatic nitrogens is 3. The summed E-state index contributed by atoms with van der Waals surface area (Å²) in [6.07, 6.45) is 5.14. The normalized spacial score (nSPS) is 19.1. The van der Waals surface area contributed by atoms with E-state index >= 15 is 0 Å². The molecule has 0 amide bonds. The van der Waals surface area contributed by atoms with Gasteiger partial charge in [0.05, 0.1) is 11.2 Å². The highest BCUT2D eigenvalue weighted by Gasteiger charge is 2.40. The second kappa shape index (κ2) is 8.12. The Labute approximate surface area is 181 Å². The summed E-state index contributed by atoms with van der Waals surface area (Å²) in [5.74, 6) is 0.272. The molecular weight excluding hydrogens is 444 g/mol. The lowest BCUT2D eigenvalue weighted by molar-refractivity contribution is -0.143. The third-order valence-corrected chi connectivity index (χ3v) is 7.76. The van der Waals surface area contributed by atoms with Crippen LogP contribution >= 0.6 is 35.0 Å². The number of nitrogens with zero attached hydrogens (tertiary/aromatic N) is 4. The molecule has 0 atom stereocenters. The van der Waals surface area contributed by atoms with Gasteiger partial charge in [0.25, 0.3) is 0 Å². The first-order valence-electron chi connectivity index (χ1n) is 9.44. The van der Waals surface area contributed by atoms with Crippen molar-refractivity contribution in [2.45, 2.75) is 54.6 Å². The highest BCUT2D eigenvalue weighted by atomic mass is 35.5. The van der Waals surface area contributed by atoms with E-state index in [9.17, 15) is 13.2 Å². The average molecular weight is 463 g/mol. The summed E-state index contributed by atoms with van der Waals surface area (Å²) < 4.78 is 41.1. The maximum atomic E-state index is 13.7. The number of anilines is 1. The monoisotopic (exact) mass is 462 g/mol. The Bertz CT molecular complexity index is 894. The first kappa shape index (κ1) is 21.0. The molecule has 1 aliphatic heterocycles. The molecule has 4 rings (SSSR count). The molecular formula is C19H19Cl2F3N4S. The Morgan fingerprint density at radius 3 is 2.38 bits per heavy atom. The number of rotatable bonds is 3. The summed E-state index contributed by atoms with van der Waals surface area (Å²) in [5, 5.41) is -0.130. The van der Waals surface area contributed by atoms with E-state index < -0.39 is 11.9 Å². The maximum Gasteiger partial charge on any atom is 0.436 e. The Morgan fingerprint density at radius 1 is 1.03 bits per heavy atom. The number of halogens is 5. The van der Waals surface area contributed by atoms with Crippen LogP contribution in [0, 0.1) is 5.41 Å². The summed E-state index contributed by atoms with van der Waals surface area (Å²) in [6, 6.07) is 1.50. The predicted molar refractivity (Wildman–Crippen MR) is 108 cm³/mol. The molecule has 0 radical (unpaired) electrons. The maximum absolute atomic E-state index is 13.7. The van der Waals surface area contributed by atoms with Crippen molar-refractivity contribution in [2.75, 3.05) is 18.0 Å². The van der Waals surface area contributed by atoms with Crippen molar-refractivity contribution >= 4 is 40.8 Å². The third-order valence-electron chi connectivity index (χ3n) is 5.82. The van der Waals surface area contributed by atoms with Crippen molar-refractivity contribution in [2.24, 2.45) is 5.41 Å². The van der Waals surface area contributed by atoms with Crippen molar-refractivity contribution in [3.63, 3.8) is 0 Å². The summed E-state index contributed by atoms with van der Waals surface area (Å²) in [7, 11) is 0.